The number of amides is 1. The van der Waals surface area contributed by atoms with Gasteiger partial charge >= 0.3 is 0 Å². The molecule has 22 heavy (non-hydrogen) atoms. The second kappa shape index (κ2) is 12.9. The van der Waals surface area contributed by atoms with Crippen molar-refractivity contribution in [3.8, 4) is 0 Å². The molecule has 0 aromatic rings. The van der Waals surface area contributed by atoms with Gasteiger partial charge in [-0.2, -0.15) is 0 Å². The fourth-order valence-corrected chi connectivity index (χ4v) is 3.20. The molecular formula is C19H38N2O. The van der Waals surface area contributed by atoms with Crippen LogP contribution in [0.5, 0.6) is 0 Å². The van der Waals surface area contributed by atoms with Gasteiger partial charge in [-0.3, -0.25) is 9.69 Å². The Morgan fingerprint density at radius 1 is 0.818 bits per heavy atom. The Morgan fingerprint density at radius 2 is 1.23 bits per heavy atom. The molecule has 1 aliphatic rings. The normalized spacial score (nSPS) is 20.2. The minimum absolute atomic E-state index is 0.0574. The number of carbonyl (C=O) groups is 1. The van der Waals surface area contributed by atoms with Crippen molar-refractivity contribution in [2.24, 2.45) is 5.73 Å². The zero-order chi connectivity index (χ0) is 16.0. The SMILES string of the molecule is CCCCCCCCCCCCCCCCN1CC1C(N)=O. The first kappa shape index (κ1) is 19.5. The molecule has 0 aliphatic carbocycles. The molecule has 3 heteroatoms. The van der Waals surface area contributed by atoms with Crippen molar-refractivity contribution < 1.29 is 4.79 Å². The van der Waals surface area contributed by atoms with E-state index in [1.165, 1.54) is 89.9 Å². The molecule has 0 aromatic heterocycles. The molecule has 1 heterocycles. The van der Waals surface area contributed by atoms with Gasteiger partial charge in [0, 0.05) is 6.54 Å². The minimum atomic E-state index is -0.148. The molecule has 0 spiro atoms. The van der Waals surface area contributed by atoms with Crippen LogP contribution in [-0.2, 0) is 4.79 Å². The monoisotopic (exact) mass is 310 g/mol. The standard InChI is InChI=1S/C19H38N2O/c1-2-3-4-5-6-7-8-9-10-11-12-13-14-15-16-21-17-18(21)19(20)22/h18H,2-17H2,1H3,(H2,20,22). The second-order valence-corrected chi connectivity index (χ2v) is 7.01. The smallest absolute Gasteiger partial charge is 0.236 e. The summed E-state index contributed by atoms with van der Waals surface area (Å²) in [6.07, 6.45) is 19.5. The van der Waals surface area contributed by atoms with Crippen molar-refractivity contribution >= 4 is 5.91 Å². The molecule has 0 radical (unpaired) electrons. The van der Waals surface area contributed by atoms with Crippen LogP contribution in [0.3, 0.4) is 0 Å². The summed E-state index contributed by atoms with van der Waals surface area (Å²) < 4.78 is 0. The van der Waals surface area contributed by atoms with Crippen molar-refractivity contribution in [3.05, 3.63) is 0 Å². The van der Waals surface area contributed by atoms with Crippen LogP contribution in [0, 0.1) is 0 Å². The van der Waals surface area contributed by atoms with Gasteiger partial charge in [0.15, 0.2) is 0 Å². The van der Waals surface area contributed by atoms with Gasteiger partial charge in [0.2, 0.25) is 5.91 Å². The molecule has 1 amide bonds. The molecule has 1 rings (SSSR count). The Balaban J connectivity index is 1.68. The van der Waals surface area contributed by atoms with Crippen molar-refractivity contribution in [1.82, 2.24) is 4.90 Å². The zero-order valence-corrected chi connectivity index (χ0v) is 14.8. The summed E-state index contributed by atoms with van der Waals surface area (Å²) in [6.45, 7) is 4.24. The van der Waals surface area contributed by atoms with Crippen molar-refractivity contribution in [3.63, 3.8) is 0 Å². The molecular weight excluding hydrogens is 272 g/mol. The Labute approximate surface area is 138 Å². The van der Waals surface area contributed by atoms with Crippen LogP contribution in [0.25, 0.3) is 0 Å². The maximum absolute atomic E-state index is 10.9. The summed E-state index contributed by atoms with van der Waals surface area (Å²) in [5.74, 6) is -0.148. The van der Waals surface area contributed by atoms with Crippen molar-refractivity contribution in [2.45, 2.75) is 103 Å². The summed E-state index contributed by atoms with van der Waals surface area (Å²) in [6, 6.07) is 0.0574. The molecule has 0 aromatic carbocycles. The zero-order valence-electron chi connectivity index (χ0n) is 14.8. The number of nitrogens with two attached hydrogens (primary N) is 1. The summed E-state index contributed by atoms with van der Waals surface area (Å²) in [4.78, 5) is 13.1. The second-order valence-electron chi connectivity index (χ2n) is 7.01. The lowest BCUT2D eigenvalue weighted by atomic mass is 10.0. The highest BCUT2D eigenvalue weighted by molar-refractivity contribution is 5.82. The van der Waals surface area contributed by atoms with E-state index in [-0.39, 0.29) is 11.9 Å². The molecule has 1 saturated heterocycles. The van der Waals surface area contributed by atoms with E-state index in [4.69, 9.17) is 5.73 Å². The first-order valence-electron chi connectivity index (χ1n) is 9.79. The number of primary amides is 1. The lowest BCUT2D eigenvalue weighted by molar-refractivity contribution is -0.118. The predicted octanol–water partition coefficient (Wildman–Crippen LogP) is 4.64. The number of hydrogen-bond donors (Lipinski definition) is 1. The highest BCUT2D eigenvalue weighted by Gasteiger charge is 2.37. The van der Waals surface area contributed by atoms with E-state index in [9.17, 15) is 4.79 Å². The Hall–Kier alpha value is -0.570. The molecule has 0 saturated carbocycles. The summed E-state index contributed by atoms with van der Waals surface area (Å²) in [5, 5.41) is 0. The van der Waals surface area contributed by atoms with Crippen molar-refractivity contribution in [1.29, 1.82) is 0 Å². The van der Waals surface area contributed by atoms with Gasteiger partial charge in [0.25, 0.3) is 0 Å². The maximum Gasteiger partial charge on any atom is 0.236 e. The van der Waals surface area contributed by atoms with Crippen molar-refractivity contribution in [2.75, 3.05) is 13.1 Å². The largest absolute Gasteiger partial charge is 0.368 e. The molecule has 3 nitrogen and oxygen atoms in total. The first-order valence-corrected chi connectivity index (χ1v) is 9.79. The van der Waals surface area contributed by atoms with E-state index in [1.54, 1.807) is 0 Å². The van der Waals surface area contributed by atoms with Crippen LogP contribution in [0.2, 0.25) is 0 Å². The van der Waals surface area contributed by atoms with Crippen LogP contribution in [-0.4, -0.2) is 29.9 Å². The number of nitrogens with zero attached hydrogens (tertiary/aromatic N) is 1. The van der Waals surface area contributed by atoms with Crippen LogP contribution in [0.1, 0.15) is 96.8 Å². The molecule has 1 fully saturated rings. The van der Waals surface area contributed by atoms with Gasteiger partial charge in [-0.05, 0) is 13.0 Å². The topological polar surface area (TPSA) is 46.1 Å². The van der Waals surface area contributed by atoms with E-state index in [0.29, 0.717) is 0 Å². The third kappa shape index (κ3) is 10.2. The molecule has 2 atom stereocenters. The Kier molecular flexibility index (Phi) is 11.4. The van der Waals surface area contributed by atoms with Crippen LogP contribution < -0.4 is 5.73 Å². The third-order valence-electron chi connectivity index (χ3n) is 4.84. The van der Waals surface area contributed by atoms with E-state index >= 15 is 0 Å². The lowest BCUT2D eigenvalue weighted by Crippen LogP contribution is -2.22. The van der Waals surface area contributed by atoms with Gasteiger partial charge in [0.05, 0.1) is 0 Å². The maximum atomic E-state index is 10.9. The first-order chi connectivity index (χ1) is 10.8. The van der Waals surface area contributed by atoms with Crippen LogP contribution in [0.15, 0.2) is 0 Å². The molecule has 130 valence electrons. The molecule has 2 unspecified atom stereocenters. The number of hydrogen-bond acceptors (Lipinski definition) is 2. The van der Waals surface area contributed by atoms with Gasteiger partial charge in [-0.25, -0.2) is 0 Å². The Morgan fingerprint density at radius 3 is 1.59 bits per heavy atom. The molecule has 1 aliphatic heterocycles. The van der Waals surface area contributed by atoms with Gasteiger partial charge in [0.1, 0.15) is 6.04 Å². The van der Waals surface area contributed by atoms with Crippen LogP contribution >= 0.6 is 0 Å². The minimum Gasteiger partial charge on any atom is -0.368 e. The van der Waals surface area contributed by atoms with E-state index in [0.717, 1.165) is 13.1 Å². The fraction of sp³-hybridized carbons (Fsp3) is 0.947. The number of unbranched alkanes of at least 4 members (excludes halogenated alkanes) is 13. The van der Waals surface area contributed by atoms with Gasteiger partial charge in [-0.1, -0.05) is 90.4 Å². The highest BCUT2D eigenvalue weighted by Crippen LogP contribution is 2.18. The van der Waals surface area contributed by atoms with Gasteiger partial charge < -0.3 is 5.73 Å². The van der Waals surface area contributed by atoms with E-state index in [1.807, 2.05) is 0 Å². The van der Waals surface area contributed by atoms with Crippen LogP contribution in [0.4, 0.5) is 0 Å². The quantitative estimate of drug-likeness (QED) is 0.333. The number of rotatable bonds is 16. The summed E-state index contributed by atoms with van der Waals surface area (Å²) in [7, 11) is 0. The summed E-state index contributed by atoms with van der Waals surface area (Å²) in [5.41, 5.74) is 5.26. The summed E-state index contributed by atoms with van der Waals surface area (Å²) >= 11 is 0. The average Bonchev–Trinajstić information content (AvgIpc) is 3.27. The fourth-order valence-electron chi connectivity index (χ4n) is 3.20. The molecule has 2 N–H and O–H groups in total. The third-order valence-corrected chi connectivity index (χ3v) is 4.84. The average molecular weight is 311 g/mol. The predicted molar refractivity (Wildman–Crippen MR) is 94.9 cm³/mol. The Bertz CT molecular complexity index is 281. The lowest BCUT2D eigenvalue weighted by Gasteiger charge is -2.04. The van der Waals surface area contributed by atoms with E-state index in [2.05, 4.69) is 11.8 Å². The number of carbonyl (C=O) groups excluding carboxylic acids is 1. The van der Waals surface area contributed by atoms with Gasteiger partial charge in [-0.15, -0.1) is 0 Å². The highest BCUT2D eigenvalue weighted by atomic mass is 16.1. The van der Waals surface area contributed by atoms with E-state index < -0.39 is 0 Å². The molecule has 0 bridgehead atoms.